The summed E-state index contributed by atoms with van der Waals surface area (Å²) in [5.74, 6) is -5.86. The Morgan fingerprint density at radius 2 is 0.484 bits per heavy atom. The van der Waals surface area contributed by atoms with Gasteiger partial charge in [0.1, 0.15) is 54.3 Å². The number of rotatable bonds is 24. The molecule has 0 heterocycles. The molecule has 0 amide bonds. The minimum atomic E-state index is -1.02. The molecular weight excluding hydrogens is 1780 g/mol. The monoisotopic (exact) mass is 1910 g/mol. The number of halogens is 2. The minimum absolute atomic E-state index is 0.00477. The molecule has 0 saturated carbocycles. The van der Waals surface area contributed by atoms with Crippen molar-refractivity contribution >= 4 is 85.0 Å². The molecule has 0 bridgehead atoms. The lowest BCUT2D eigenvalue weighted by Gasteiger charge is -2.12. The van der Waals surface area contributed by atoms with E-state index < -0.39 is 35.8 Å². The van der Waals surface area contributed by atoms with Crippen molar-refractivity contribution in [1.29, 1.82) is 0 Å². The summed E-state index contributed by atoms with van der Waals surface area (Å²) < 4.78 is 30.1. The van der Waals surface area contributed by atoms with Crippen molar-refractivity contribution < 1.29 is 133 Å². The zero-order valence-electron chi connectivity index (χ0n) is 78.5. The molecule has 0 aromatic heterocycles. The average Bonchev–Trinajstić information content (AvgIpc) is 0.826. The van der Waals surface area contributed by atoms with Crippen LogP contribution in [0.3, 0.4) is 0 Å². The molecule has 128 heavy (non-hydrogen) atoms. The topological polar surface area (TPSA) is 452 Å². The third-order valence-corrected chi connectivity index (χ3v) is 18.6. The standard InChI is InChI=1S/C14H20O3.C13H17BrO3.C13H18O3.C10H12O3.C9H10O3.4C8H8O3.C2H5Br.3C2H6/c1-5-11-6-12(8-16-3)10(2)13(7-11)14(15)9-17-4;1-9-11(7-16-2)4-10(6-14)5-12(9)13(15)8-17-3;1-9-5-11(7-15-3)10(2)12(6-9)13(14)8-16-4;1-3-7-4-8(10(12)13)6(2)9(11)5-7;1-5-3-7(9(11)12)6(2)8(10)4-5;4*1-5-6(8(10)11)3-2-4-7(5)9;1-2-3;3*1-2/h6-7H,5,8-9H2,1-4H3;4-5H,6-8H2,1-3H3;5-6H,7-8H2,1-4H3;4-5,11H,3H2,1-2H3,(H,12,13);3-4,10H,1-2H3,(H,11,12);4*2-4,9H,1H3,(H,10,11);2H2,1H3;3*1-2H3. The lowest BCUT2D eigenvalue weighted by atomic mass is 9.95. The van der Waals surface area contributed by atoms with Gasteiger partial charge in [-0.25, -0.2) is 28.8 Å². The first kappa shape index (κ1) is 123. The van der Waals surface area contributed by atoms with E-state index in [0.29, 0.717) is 59.6 Å². The van der Waals surface area contributed by atoms with Gasteiger partial charge in [0.05, 0.1) is 53.2 Å². The normalized spacial score (nSPS) is 9.62. The first-order chi connectivity index (χ1) is 60.4. The summed E-state index contributed by atoms with van der Waals surface area (Å²) in [6.07, 6.45) is 1.62. The van der Waals surface area contributed by atoms with Crippen LogP contribution in [0.2, 0.25) is 0 Å². The van der Waals surface area contributed by atoms with Gasteiger partial charge in [0, 0.05) is 103 Å². The van der Waals surface area contributed by atoms with Crippen molar-refractivity contribution in [2.75, 3.05) is 67.8 Å². The SMILES string of the molecule is CC.CC.CC.CCBr.CCc1cc(COC)c(C)c(C(=O)COC)c1.CCc1cc(O)c(C)c(C(=O)O)c1.COCC(=O)c1cc(C)cc(COC)c1C.COCC(=O)c1cc(CBr)cc(COC)c1C.Cc1c(O)cccc1C(=O)O.Cc1c(O)cccc1C(=O)O.Cc1c(O)cccc1C(=O)O.Cc1c(O)cccc1C(=O)O.Cc1cc(O)c(C)c(C(=O)O)c1. The van der Waals surface area contributed by atoms with Gasteiger partial charge in [0.25, 0.3) is 0 Å². The fraction of sp³-hybridized carbons (Fsp3) is 0.364. The molecule has 704 valence electrons. The first-order valence-electron chi connectivity index (χ1n) is 40.5. The van der Waals surface area contributed by atoms with Crippen molar-refractivity contribution in [3.63, 3.8) is 0 Å². The number of carbonyl (C=O) groups is 9. The van der Waals surface area contributed by atoms with Crippen molar-refractivity contribution in [2.24, 2.45) is 0 Å². The number of ether oxygens (including phenoxy) is 6. The molecule has 0 atom stereocenters. The van der Waals surface area contributed by atoms with Crippen molar-refractivity contribution in [1.82, 2.24) is 0 Å². The quantitative estimate of drug-likeness (QED) is 0.0197. The number of phenolic OH excluding ortho intramolecular Hbond substituents is 6. The third kappa shape index (κ3) is 43.2. The highest BCUT2D eigenvalue weighted by Crippen LogP contribution is 2.28. The van der Waals surface area contributed by atoms with E-state index >= 15 is 0 Å². The molecule has 0 spiro atoms. The maximum atomic E-state index is 11.9. The van der Waals surface area contributed by atoms with E-state index in [1.54, 1.807) is 88.0 Å². The maximum Gasteiger partial charge on any atom is 0.336 e. The number of carboxylic acids is 6. The van der Waals surface area contributed by atoms with Gasteiger partial charge in [-0.3, -0.25) is 14.4 Å². The lowest BCUT2D eigenvalue weighted by molar-refractivity contribution is 0.0684. The Morgan fingerprint density at radius 3 is 0.742 bits per heavy atom. The molecule has 0 aliphatic heterocycles. The average molecular weight is 1910 g/mol. The number of aryl methyl sites for hydroxylation is 4. The van der Waals surface area contributed by atoms with E-state index in [1.165, 1.54) is 100 Å². The lowest BCUT2D eigenvalue weighted by Crippen LogP contribution is -2.11. The molecule has 27 nitrogen and oxygen atoms in total. The van der Waals surface area contributed by atoms with E-state index in [2.05, 4.69) is 50.9 Å². The number of ketones is 3. The van der Waals surface area contributed by atoms with E-state index in [0.717, 1.165) is 95.0 Å². The van der Waals surface area contributed by atoms with Crippen molar-refractivity contribution in [3.05, 3.63) is 278 Å². The zero-order chi connectivity index (χ0) is 99.5. The number of hydrogen-bond acceptors (Lipinski definition) is 21. The number of Topliss-reactive ketones (excluding diaryl/α,β-unsaturated/α-hetero) is 3. The van der Waals surface area contributed by atoms with Crippen molar-refractivity contribution in [3.8, 4) is 34.5 Å². The third-order valence-electron chi connectivity index (χ3n) is 18.0. The molecule has 0 fully saturated rings. The number of alkyl halides is 2. The highest BCUT2D eigenvalue weighted by Gasteiger charge is 2.19. The second-order valence-corrected chi connectivity index (χ2v) is 28.5. The first-order valence-corrected chi connectivity index (χ1v) is 42.8. The van der Waals surface area contributed by atoms with Crippen molar-refractivity contribution in [2.45, 2.75) is 176 Å². The number of carboxylic acid groups (broad SMARTS) is 6. The van der Waals surface area contributed by atoms with Crippen LogP contribution in [-0.4, -0.2) is 182 Å². The van der Waals surface area contributed by atoms with Crippen LogP contribution < -0.4 is 0 Å². The Morgan fingerprint density at radius 1 is 0.266 bits per heavy atom. The number of hydrogen-bond donors (Lipinski definition) is 12. The predicted octanol–water partition coefficient (Wildman–Crippen LogP) is 21.4. The van der Waals surface area contributed by atoms with Crippen LogP contribution in [0, 0.1) is 76.2 Å². The smallest absolute Gasteiger partial charge is 0.336 e. The maximum absolute atomic E-state index is 11.9. The van der Waals surface area contributed by atoms with Gasteiger partial charge >= 0.3 is 35.8 Å². The summed E-state index contributed by atoms with van der Waals surface area (Å²) in [5, 5.41) is 109. The Kier molecular flexibility index (Phi) is 64.8. The number of carbonyl (C=O) groups excluding carboxylic acids is 3. The Hall–Kier alpha value is -11.7. The van der Waals surface area contributed by atoms with Gasteiger partial charge < -0.3 is 89.7 Å². The fourth-order valence-electron chi connectivity index (χ4n) is 11.0. The molecule has 12 N–H and O–H groups in total. The molecule has 0 radical (unpaired) electrons. The molecule has 0 unspecified atom stereocenters. The summed E-state index contributed by atoms with van der Waals surface area (Å²) >= 11 is 6.55. The number of benzene rings is 9. The Bertz CT molecular complexity index is 4670. The molecule has 0 aliphatic carbocycles. The highest BCUT2D eigenvalue weighted by molar-refractivity contribution is 9.09. The van der Waals surface area contributed by atoms with Crippen LogP contribution in [0.4, 0.5) is 0 Å². The molecule has 9 aromatic rings. The Labute approximate surface area is 770 Å². The van der Waals surface area contributed by atoms with Crippen LogP contribution in [0.15, 0.2) is 133 Å². The highest BCUT2D eigenvalue weighted by atomic mass is 79.9. The van der Waals surface area contributed by atoms with Crippen LogP contribution in [-0.2, 0) is 66.4 Å². The summed E-state index contributed by atoms with van der Waals surface area (Å²) in [6.45, 7) is 39.0. The number of aromatic carboxylic acids is 6. The molecule has 9 rings (SSSR count). The minimum Gasteiger partial charge on any atom is -0.508 e. The number of phenols is 6. The largest absolute Gasteiger partial charge is 0.508 e. The molecular formula is C99H132Br2O27. The molecule has 9 aromatic carbocycles. The predicted molar refractivity (Wildman–Crippen MR) is 507 cm³/mol. The van der Waals surface area contributed by atoms with Gasteiger partial charge in [0.2, 0.25) is 0 Å². The Balaban J connectivity index is -0.000000671. The van der Waals surface area contributed by atoms with Gasteiger partial charge in [0.15, 0.2) is 17.3 Å². The number of aromatic hydroxyl groups is 6. The summed E-state index contributed by atoms with van der Waals surface area (Å²) in [7, 11) is 9.55. The molecule has 0 saturated heterocycles. The van der Waals surface area contributed by atoms with E-state index in [1.807, 2.05) is 107 Å². The van der Waals surface area contributed by atoms with E-state index in [9.17, 15) is 53.4 Å². The van der Waals surface area contributed by atoms with Gasteiger partial charge in [-0.05, 0) is 236 Å². The summed E-state index contributed by atoms with van der Waals surface area (Å²) in [4.78, 5) is 98.8. The summed E-state index contributed by atoms with van der Waals surface area (Å²) in [6, 6.07) is 35.9. The second kappa shape index (κ2) is 67.6. The van der Waals surface area contributed by atoms with E-state index in [-0.39, 0.29) is 105 Å². The fourth-order valence-corrected chi connectivity index (χ4v) is 11.3. The molecule has 29 heteroatoms. The van der Waals surface area contributed by atoms with Crippen LogP contribution in [0.5, 0.6) is 34.5 Å². The van der Waals surface area contributed by atoms with Crippen LogP contribution in [0.25, 0.3) is 0 Å². The zero-order valence-corrected chi connectivity index (χ0v) is 81.7. The van der Waals surface area contributed by atoms with E-state index in [4.69, 9.17) is 79.5 Å². The number of methoxy groups -OCH3 is 6. The second-order valence-electron chi connectivity index (χ2n) is 26.8. The van der Waals surface area contributed by atoms with Gasteiger partial charge in [-0.2, -0.15) is 0 Å². The summed E-state index contributed by atoms with van der Waals surface area (Å²) in [5.41, 5.74) is 16.5. The van der Waals surface area contributed by atoms with Gasteiger partial charge in [-0.1, -0.05) is 142 Å². The van der Waals surface area contributed by atoms with Crippen LogP contribution in [0.1, 0.15) is 250 Å². The van der Waals surface area contributed by atoms with Gasteiger partial charge in [-0.15, -0.1) is 0 Å². The molecule has 0 aliphatic rings. The van der Waals surface area contributed by atoms with Crippen LogP contribution >= 0.6 is 31.9 Å².